The molecular formula is C12H22N2O2. The fraction of sp³-hybridized carbons (Fsp3) is 0.917. The van der Waals surface area contributed by atoms with Crippen LogP contribution in [-0.4, -0.2) is 35.2 Å². The third-order valence-electron chi connectivity index (χ3n) is 3.51. The standard InChI is InChI=1S/C12H22N2O2/c1-8(12(16)14-9-6-7-9)13-10-4-2-3-5-11(10)15/h8-11,13,15H,2-7H2,1H3,(H,14,16)/t8?,10-,11-/m1/s1. The van der Waals surface area contributed by atoms with Gasteiger partial charge in [0.25, 0.3) is 0 Å². The molecular weight excluding hydrogens is 204 g/mol. The highest BCUT2D eigenvalue weighted by Gasteiger charge is 2.29. The van der Waals surface area contributed by atoms with Crippen molar-refractivity contribution in [2.75, 3.05) is 0 Å². The summed E-state index contributed by atoms with van der Waals surface area (Å²) in [6, 6.07) is 0.306. The van der Waals surface area contributed by atoms with Gasteiger partial charge in [0.05, 0.1) is 12.1 Å². The summed E-state index contributed by atoms with van der Waals surface area (Å²) in [4.78, 5) is 11.7. The predicted molar refractivity (Wildman–Crippen MR) is 62.0 cm³/mol. The molecule has 2 aliphatic carbocycles. The average molecular weight is 226 g/mol. The van der Waals surface area contributed by atoms with Crippen LogP contribution in [0.1, 0.15) is 45.4 Å². The summed E-state index contributed by atoms with van der Waals surface area (Å²) >= 11 is 0. The van der Waals surface area contributed by atoms with Crippen molar-refractivity contribution >= 4 is 5.91 Å². The van der Waals surface area contributed by atoms with E-state index in [-0.39, 0.29) is 24.1 Å². The highest BCUT2D eigenvalue weighted by molar-refractivity contribution is 5.81. The molecule has 2 rings (SSSR count). The summed E-state index contributed by atoms with van der Waals surface area (Å²) in [5.41, 5.74) is 0. The second-order valence-corrected chi connectivity index (χ2v) is 5.13. The topological polar surface area (TPSA) is 61.4 Å². The smallest absolute Gasteiger partial charge is 0.237 e. The molecule has 3 N–H and O–H groups in total. The Balaban J connectivity index is 1.75. The van der Waals surface area contributed by atoms with Gasteiger partial charge in [-0.25, -0.2) is 0 Å². The third-order valence-corrected chi connectivity index (χ3v) is 3.51. The van der Waals surface area contributed by atoms with Gasteiger partial charge in [-0.1, -0.05) is 12.8 Å². The molecule has 4 nitrogen and oxygen atoms in total. The van der Waals surface area contributed by atoms with E-state index < -0.39 is 0 Å². The first-order chi connectivity index (χ1) is 7.66. The summed E-state index contributed by atoms with van der Waals surface area (Å²) in [6.07, 6.45) is 6.02. The second-order valence-electron chi connectivity index (χ2n) is 5.13. The molecule has 3 atom stereocenters. The van der Waals surface area contributed by atoms with Crippen LogP contribution in [0.2, 0.25) is 0 Å². The number of hydrogen-bond acceptors (Lipinski definition) is 3. The molecule has 0 saturated heterocycles. The highest BCUT2D eigenvalue weighted by atomic mass is 16.3. The SMILES string of the molecule is CC(N[C@@H]1CCCC[C@H]1O)C(=O)NC1CC1. The molecule has 0 aliphatic heterocycles. The highest BCUT2D eigenvalue weighted by Crippen LogP contribution is 2.20. The van der Waals surface area contributed by atoms with Gasteiger partial charge in [-0.15, -0.1) is 0 Å². The van der Waals surface area contributed by atoms with Crippen molar-refractivity contribution < 1.29 is 9.90 Å². The first kappa shape index (κ1) is 11.9. The van der Waals surface area contributed by atoms with Gasteiger partial charge in [-0.2, -0.15) is 0 Å². The van der Waals surface area contributed by atoms with Crippen molar-refractivity contribution in [2.45, 2.75) is 69.7 Å². The lowest BCUT2D eigenvalue weighted by Crippen LogP contribution is -2.51. The number of rotatable bonds is 4. The number of aliphatic hydroxyl groups is 1. The van der Waals surface area contributed by atoms with Gasteiger partial charge in [-0.05, 0) is 32.6 Å². The molecule has 0 radical (unpaired) electrons. The normalized spacial score (nSPS) is 32.1. The minimum Gasteiger partial charge on any atom is -0.392 e. The molecule has 16 heavy (non-hydrogen) atoms. The van der Waals surface area contributed by atoms with Crippen molar-refractivity contribution in [1.82, 2.24) is 10.6 Å². The molecule has 1 unspecified atom stereocenters. The number of nitrogens with one attached hydrogen (secondary N) is 2. The molecule has 0 heterocycles. The molecule has 92 valence electrons. The summed E-state index contributed by atoms with van der Waals surface area (Å²) in [5.74, 6) is 0.0697. The first-order valence-electron chi connectivity index (χ1n) is 6.41. The zero-order valence-corrected chi connectivity index (χ0v) is 9.91. The lowest BCUT2D eigenvalue weighted by molar-refractivity contribution is -0.123. The average Bonchev–Trinajstić information content (AvgIpc) is 3.05. The van der Waals surface area contributed by atoms with Crippen LogP contribution in [0.25, 0.3) is 0 Å². The lowest BCUT2D eigenvalue weighted by atomic mass is 9.92. The van der Waals surface area contributed by atoms with Crippen LogP contribution in [0.5, 0.6) is 0 Å². The fourth-order valence-electron chi connectivity index (χ4n) is 2.26. The van der Waals surface area contributed by atoms with Crippen molar-refractivity contribution in [3.05, 3.63) is 0 Å². The quantitative estimate of drug-likeness (QED) is 0.656. The van der Waals surface area contributed by atoms with E-state index in [9.17, 15) is 9.90 Å². The molecule has 0 bridgehead atoms. The Morgan fingerprint density at radius 1 is 1.25 bits per heavy atom. The van der Waals surface area contributed by atoms with E-state index in [1.54, 1.807) is 0 Å². The maximum absolute atomic E-state index is 11.7. The molecule has 0 aromatic carbocycles. The van der Waals surface area contributed by atoms with E-state index in [0.29, 0.717) is 6.04 Å². The van der Waals surface area contributed by atoms with Gasteiger partial charge in [0.15, 0.2) is 0 Å². The van der Waals surface area contributed by atoms with Gasteiger partial charge in [0, 0.05) is 12.1 Å². The monoisotopic (exact) mass is 226 g/mol. The predicted octanol–water partition coefficient (Wildman–Crippen LogP) is 0.547. The van der Waals surface area contributed by atoms with Crippen LogP contribution in [0.3, 0.4) is 0 Å². The van der Waals surface area contributed by atoms with Crippen LogP contribution in [0.15, 0.2) is 0 Å². The number of hydrogen-bond donors (Lipinski definition) is 3. The van der Waals surface area contributed by atoms with Crippen LogP contribution in [0.4, 0.5) is 0 Å². The van der Waals surface area contributed by atoms with Crippen LogP contribution >= 0.6 is 0 Å². The van der Waals surface area contributed by atoms with Crippen LogP contribution in [0, 0.1) is 0 Å². The van der Waals surface area contributed by atoms with Crippen molar-refractivity contribution in [3.63, 3.8) is 0 Å². The second kappa shape index (κ2) is 5.15. The van der Waals surface area contributed by atoms with Gasteiger partial charge >= 0.3 is 0 Å². The molecule has 2 aliphatic rings. The third kappa shape index (κ3) is 3.19. The van der Waals surface area contributed by atoms with E-state index in [4.69, 9.17) is 0 Å². The van der Waals surface area contributed by atoms with Gasteiger partial charge < -0.3 is 15.7 Å². The summed E-state index contributed by atoms with van der Waals surface area (Å²) in [5, 5.41) is 16.0. The minimum atomic E-state index is -0.287. The molecule has 0 aromatic rings. The van der Waals surface area contributed by atoms with Gasteiger partial charge in [-0.3, -0.25) is 4.79 Å². The maximum Gasteiger partial charge on any atom is 0.237 e. The van der Waals surface area contributed by atoms with Crippen molar-refractivity contribution in [3.8, 4) is 0 Å². The Morgan fingerprint density at radius 2 is 1.94 bits per heavy atom. The molecule has 0 aromatic heterocycles. The Labute approximate surface area is 96.8 Å². The Hall–Kier alpha value is -0.610. The zero-order valence-electron chi connectivity index (χ0n) is 9.91. The largest absolute Gasteiger partial charge is 0.392 e. The summed E-state index contributed by atoms with van der Waals surface area (Å²) in [7, 11) is 0. The Kier molecular flexibility index (Phi) is 3.82. The van der Waals surface area contributed by atoms with E-state index in [2.05, 4.69) is 10.6 Å². The van der Waals surface area contributed by atoms with Crippen molar-refractivity contribution in [1.29, 1.82) is 0 Å². The fourth-order valence-corrected chi connectivity index (χ4v) is 2.26. The van der Waals surface area contributed by atoms with Gasteiger partial charge in [0.1, 0.15) is 0 Å². The molecule has 2 fully saturated rings. The Bertz CT molecular complexity index is 253. The van der Waals surface area contributed by atoms with E-state index in [0.717, 1.165) is 38.5 Å². The number of aliphatic hydroxyl groups excluding tert-OH is 1. The first-order valence-corrected chi connectivity index (χ1v) is 6.41. The van der Waals surface area contributed by atoms with E-state index in [1.165, 1.54) is 0 Å². The number of amides is 1. The van der Waals surface area contributed by atoms with E-state index in [1.807, 2.05) is 6.92 Å². The van der Waals surface area contributed by atoms with Gasteiger partial charge in [0.2, 0.25) is 5.91 Å². The lowest BCUT2D eigenvalue weighted by Gasteiger charge is -2.30. The minimum absolute atomic E-state index is 0.0697. The molecule has 0 spiro atoms. The number of carbonyl (C=O) groups excluding carboxylic acids is 1. The summed E-state index contributed by atoms with van der Waals surface area (Å²) < 4.78 is 0. The maximum atomic E-state index is 11.7. The van der Waals surface area contributed by atoms with Crippen LogP contribution in [-0.2, 0) is 4.79 Å². The molecule has 2 saturated carbocycles. The van der Waals surface area contributed by atoms with Crippen LogP contribution < -0.4 is 10.6 Å². The zero-order chi connectivity index (χ0) is 11.5. The Morgan fingerprint density at radius 3 is 2.56 bits per heavy atom. The van der Waals surface area contributed by atoms with E-state index >= 15 is 0 Å². The van der Waals surface area contributed by atoms with Crippen molar-refractivity contribution in [2.24, 2.45) is 0 Å². The molecule has 1 amide bonds. The summed E-state index contributed by atoms with van der Waals surface area (Å²) in [6.45, 7) is 1.87. The number of carbonyl (C=O) groups is 1. The molecule has 4 heteroatoms.